The third kappa shape index (κ3) is 3.52. The summed E-state index contributed by atoms with van der Waals surface area (Å²) >= 11 is 5.67. The van der Waals surface area contributed by atoms with Crippen molar-refractivity contribution in [2.24, 2.45) is 5.73 Å². The minimum atomic E-state index is -4.48. The van der Waals surface area contributed by atoms with Gasteiger partial charge in [-0.3, -0.25) is 4.79 Å². The summed E-state index contributed by atoms with van der Waals surface area (Å²) < 4.78 is 41.3. The van der Waals surface area contributed by atoms with Gasteiger partial charge < -0.3 is 10.5 Å². The molecule has 0 aliphatic heterocycles. The smallest absolute Gasteiger partial charge is 0.425 e. The highest BCUT2D eigenvalue weighted by Crippen LogP contribution is 2.30. The lowest BCUT2D eigenvalue weighted by atomic mass is 10.2. The van der Waals surface area contributed by atoms with Crippen LogP contribution < -0.4 is 10.5 Å². The fraction of sp³-hybridized carbons (Fsp3) is 0.300. The van der Waals surface area contributed by atoms with Gasteiger partial charge in [0.15, 0.2) is 6.10 Å². The van der Waals surface area contributed by atoms with Gasteiger partial charge in [-0.2, -0.15) is 13.2 Å². The summed E-state index contributed by atoms with van der Waals surface area (Å²) in [5.41, 5.74) is 5.08. The van der Waals surface area contributed by atoms with E-state index in [1.807, 2.05) is 0 Å². The number of alkyl halides is 3. The molecule has 1 aromatic rings. The number of primary amides is 1. The summed E-state index contributed by atoms with van der Waals surface area (Å²) in [5, 5.41) is -0.0996. The maximum absolute atomic E-state index is 12.2. The highest BCUT2D eigenvalue weighted by molar-refractivity contribution is 6.32. The normalized spacial score (nSPS) is 13.2. The lowest BCUT2D eigenvalue weighted by Crippen LogP contribution is -2.31. The molecule has 0 aliphatic rings. The Morgan fingerprint density at radius 3 is 2.47 bits per heavy atom. The van der Waals surface area contributed by atoms with E-state index >= 15 is 0 Å². The lowest BCUT2D eigenvalue weighted by molar-refractivity contribution is -0.189. The number of amides is 1. The van der Waals surface area contributed by atoms with Gasteiger partial charge in [0.2, 0.25) is 5.91 Å². The molecule has 3 nitrogen and oxygen atoms in total. The fourth-order valence-electron chi connectivity index (χ4n) is 1.01. The SMILES string of the molecule is CC(Oc1ccc(C(N)=O)cc1Cl)C(F)(F)F. The molecule has 0 aromatic heterocycles. The van der Waals surface area contributed by atoms with Crippen LogP contribution in [0.15, 0.2) is 18.2 Å². The predicted octanol–water partition coefficient (Wildman–Crippen LogP) is 2.77. The second-order valence-electron chi connectivity index (χ2n) is 3.31. The van der Waals surface area contributed by atoms with E-state index in [4.69, 9.17) is 17.3 Å². The first-order valence-electron chi connectivity index (χ1n) is 4.54. The predicted molar refractivity (Wildman–Crippen MR) is 56.1 cm³/mol. The molecule has 0 radical (unpaired) electrons. The summed E-state index contributed by atoms with van der Waals surface area (Å²) in [6, 6.07) is 3.57. The van der Waals surface area contributed by atoms with Crippen molar-refractivity contribution in [2.75, 3.05) is 0 Å². The Labute approximate surface area is 100 Å². The van der Waals surface area contributed by atoms with Crippen molar-refractivity contribution >= 4 is 17.5 Å². The van der Waals surface area contributed by atoms with Crippen LogP contribution >= 0.6 is 11.6 Å². The van der Waals surface area contributed by atoms with E-state index in [2.05, 4.69) is 4.74 Å². The molecule has 1 aromatic carbocycles. The maximum Gasteiger partial charge on any atom is 0.425 e. The van der Waals surface area contributed by atoms with Gasteiger partial charge in [-0.1, -0.05) is 11.6 Å². The second-order valence-corrected chi connectivity index (χ2v) is 3.72. The Kier molecular flexibility index (Phi) is 3.87. The number of hydrogen-bond donors (Lipinski definition) is 1. The Morgan fingerprint density at radius 2 is 2.06 bits per heavy atom. The number of rotatable bonds is 3. The summed E-state index contributed by atoms with van der Waals surface area (Å²) in [4.78, 5) is 10.8. The number of halogens is 4. The van der Waals surface area contributed by atoms with Gasteiger partial charge in [0.1, 0.15) is 5.75 Å². The molecule has 1 atom stereocenters. The van der Waals surface area contributed by atoms with Crippen LogP contribution in [0.25, 0.3) is 0 Å². The first kappa shape index (κ1) is 13.6. The van der Waals surface area contributed by atoms with Gasteiger partial charge >= 0.3 is 6.18 Å². The average molecular weight is 268 g/mol. The number of benzene rings is 1. The van der Waals surface area contributed by atoms with Crippen LogP contribution in [0.1, 0.15) is 17.3 Å². The molecule has 0 fully saturated rings. The molecule has 1 amide bonds. The summed E-state index contributed by atoms with van der Waals surface area (Å²) in [5.74, 6) is -0.871. The molecule has 7 heteroatoms. The number of carbonyl (C=O) groups excluding carboxylic acids is 1. The molecular formula is C10H9ClF3NO2. The molecule has 17 heavy (non-hydrogen) atoms. The van der Waals surface area contributed by atoms with Crippen LogP contribution in [0.3, 0.4) is 0 Å². The first-order chi connectivity index (χ1) is 7.71. The second kappa shape index (κ2) is 4.83. The van der Waals surface area contributed by atoms with Gasteiger partial charge in [-0.05, 0) is 25.1 Å². The van der Waals surface area contributed by atoms with Crippen LogP contribution in [-0.4, -0.2) is 18.2 Å². The quantitative estimate of drug-likeness (QED) is 0.915. The monoisotopic (exact) mass is 267 g/mol. The van der Waals surface area contributed by atoms with Crippen LogP contribution in [0.4, 0.5) is 13.2 Å². The summed E-state index contributed by atoms with van der Waals surface area (Å²) in [7, 11) is 0. The van der Waals surface area contributed by atoms with Crippen LogP contribution in [-0.2, 0) is 0 Å². The molecule has 0 aliphatic carbocycles. The van der Waals surface area contributed by atoms with Crippen molar-refractivity contribution in [1.29, 1.82) is 0 Å². The molecule has 0 saturated carbocycles. The van der Waals surface area contributed by atoms with E-state index in [1.54, 1.807) is 0 Å². The number of carbonyl (C=O) groups is 1. The van der Waals surface area contributed by atoms with Crippen molar-refractivity contribution in [3.63, 3.8) is 0 Å². The van der Waals surface area contributed by atoms with Crippen molar-refractivity contribution in [1.82, 2.24) is 0 Å². The topological polar surface area (TPSA) is 52.3 Å². The van der Waals surface area contributed by atoms with Gasteiger partial charge in [-0.25, -0.2) is 0 Å². The molecule has 1 rings (SSSR count). The highest BCUT2D eigenvalue weighted by Gasteiger charge is 2.38. The fourth-order valence-corrected chi connectivity index (χ4v) is 1.23. The van der Waals surface area contributed by atoms with E-state index < -0.39 is 18.2 Å². The van der Waals surface area contributed by atoms with E-state index in [0.29, 0.717) is 0 Å². The minimum Gasteiger partial charge on any atom is -0.480 e. The Hall–Kier alpha value is -1.43. The largest absolute Gasteiger partial charge is 0.480 e. The van der Waals surface area contributed by atoms with Gasteiger partial charge in [-0.15, -0.1) is 0 Å². The molecule has 0 heterocycles. The van der Waals surface area contributed by atoms with E-state index in [9.17, 15) is 18.0 Å². The third-order valence-corrected chi connectivity index (χ3v) is 2.28. The molecule has 0 spiro atoms. The Bertz CT molecular complexity index is 434. The van der Waals surface area contributed by atoms with Crippen LogP contribution in [0, 0.1) is 0 Å². The summed E-state index contributed by atoms with van der Waals surface area (Å²) in [6.07, 6.45) is -6.47. The van der Waals surface area contributed by atoms with Gasteiger partial charge in [0.25, 0.3) is 0 Å². The van der Waals surface area contributed by atoms with Gasteiger partial charge in [0, 0.05) is 5.56 Å². The van der Waals surface area contributed by atoms with Crippen molar-refractivity contribution in [3.05, 3.63) is 28.8 Å². The Balaban J connectivity index is 2.90. The standard InChI is InChI=1S/C10H9ClF3NO2/c1-5(10(12,13)14)17-8-3-2-6(9(15)16)4-7(8)11/h2-5H,1H3,(H2,15,16). The van der Waals surface area contributed by atoms with E-state index in [1.165, 1.54) is 12.1 Å². The van der Waals surface area contributed by atoms with E-state index in [0.717, 1.165) is 13.0 Å². The average Bonchev–Trinajstić information content (AvgIpc) is 2.19. The summed E-state index contributed by atoms with van der Waals surface area (Å²) in [6.45, 7) is 0.859. The Morgan fingerprint density at radius 1 is 1.47 bits per heavy atom. The first-order valence-corrected chi connectivity index (χ1v) is 4.92. The molecular weight excluding hydrogens is 259 g/mol. The zero-order valence-electron chi connectivity index (χ0n) is 8.72. The van der Waals surface area contributed by atoms with Crippen LogP contribution in [0.5, 0.6) is 5.75 Å². The number of nitrogens with two attached hydrogens (primary N) is 1. The van der Waals surface area contributed by atoms with Crippen LogP contribution in [0.2, 0.25) is 5.02 Å². The molecule has 0 saturated heterocycles. The van der Waals surface area contributed by atoms with Crippen molar-refractivity contribution in [2.45, 2.75) is 19.2 Å². The number of ether oxygens (including phenoxy) is 1. The molecule has 2 N–H and O–H groups in total. The highest BCUT2D eigenvalue weighted by atomic mass is 35.5. The zero-order valence-corrected chi connectivity index (χ0v) is 9.47. The lowest BCUT2D eigenvalue weighted by Gasteiger charge is -2.18. The molecule has 0 bridgehead atoms. The zero-order chi connectivity index (χ0) is 13.2. The number of hydrogen-bond acceptors (Lipinski definition) is 2. The van der Waals surface area contributed by atoms with Gasteiger partial charge in [0.05, 0.1) is 5.02 Å². The maximum atomic E-state index is 12.2. The molecule has 1 unspecified atom stereocenters. The van der Waals surface area contributed by atoms with E-state index in [-0.39, 0.29) is 16.3 Å². The third-order valence-electron chi connectivity index (χ3n) is 1.98. The minimum absolute atomic E-state index is 0.0991. The molecule has 94 valence electrons. The van der Waals surface area contributed by atoms with Crippen molar-refractivity contribution < 1.29 is 22.7 Å². The van der Waals surface area contributed by atoms with Crippen molar-refractivity contribution in [3.8, 4) is 5.75 Å².